The maximum atomic E-state index is 5.37. The SMILES string of the molecule is CCOCCCn1ccnc1NCCc1cccc(C)c1. The van der Waals surface area contributed by atoms with E-state index in [0.29, 0.717) is 0 Å². The van der Waals surface area contributed by atoms with Crippen molar-refractivity contribution in [2.75, 3.05) is 25.1 Å². The van der Waals surface area contributed by atoms with Crippen LogP contribution in [0.15, 0.2) is 36.7 Å². The van der Waals surface area contributed by atoms with Gasteiger partial charge in [-0.1, -0.05) is 29.8 Å². The van der Waals surface area contributed by atoms with Gasteiger partial charge in [-0.05, 0) is 32.3 Å². The highest BCUT2D eigenvalue weighted by atomic mass is 16.5. The molecular weight excluding hydrogens is 262 g/mol. The van der Waals surface area contributed by atoms with E-state index in [9.17, 15) is 0 Å². The van der Waals surface area contributed by atoms with Crippen molar-refractivity contribution in [3.05, 3.63) is 47.8 Å². The van der Waals surface area contributed by atoms with E-state index in [1.54, 1.807) is 0 Å². The van der Waals surface area contributed by atoms with Crippen molar-refractivity contribution >= 4 is 5.95 Å². The van der Waals surface area contributed by atoms with Crippen LogP contribution in [0.4, 0.5) is 5.95 Å². The fourth-order valence-electron chi connectivity index (χ4n) is 2.32. The lowest BCUT2D eigenvalue weighted by atomic mass is 10.1. The first-order chi connectivity index (χ1) is 10.3. The van der Waals surface area contributed by atoms with Crippen molar-refractivity contribution < 1.29 is 4.74 Å². The molecule has 0 unspecified atom stereocenters. The first-order valence-electron chi connectivity index (χ1n) is 7.68. The highest BCUT2D eigenvalue weighted by Gasteiger charge is 2.02. The molecule has 114 valence electrons. The molecule has 2 aromatic rings. The van der Waals surface area contributed by atoms with Crippen LogP contribution in [0.5, 0.6) is 0 Å². The van der Waals surface area contributed by atoms with E-state index >= 15 is 0 Å². The van der Waals surface area contributed by atoms with Gasteiger partial charge in [0, 0.05) is 38.7 Å². The van der Waals surface area contributed by atoms with Crippen molar-refractivity contribution in [2.45, 2.75) is 33.2 Å². The molecule has 4 heteroatoms. The summed E-state index contributed by atoms with van der Waals surface area (Å²) >= 11 is 0. The van der Waals surface area contributed by atoms with Crippen LogP contribution in [-0.4, -0.2) is 29.3 Å². The third-order valence-electron chi connectivity index (χ3n) is 3.39. The largest absolute Gasteiger partial charge is 0.382 e. The van der Waals surface area contributed by atoms with E-state index in [4.69, 9.17) is 4.74 Å². The van der Waals surface area contributed by atoms with Gasteiger partial charge < -0.3 is 14.6 Å². The molecule has 0 aliphatic heterocycles. The zero-order valence-corrected chi connectivity index (χ0v) is 13.0. The van der Waals surface area contributed by atoms with Crippen LogP contribution in [-0.2, 0) is 17.7 Å². The summed E-state index contributed by atoms with van der Waals surface area (Å²) in [6.45, 7) is 7.57. The lowest BCUT2D eigenvalue weighted by molar-refractivity contribution is 0.142. The van der Waals surface area contributed by atoms with Crippen LogP contribution in [0.3, 0.4) is 0 Å². The summed E-state index contributed by atoms with van der Waals surface area (Å²) in [5, 5.41) is 3.41. The molecule has 0 bridgehead atoms. The molecule has 0 spiro atoms. The van der Waals surface area contributed by atoms with Crippen molar-refractivity contribution in [2.24, 2.45) is 0 Å². The molecule has 0 fully saturated rings. The Labute approximate surface area is 127 Å². The van der Waals surface area contributed by atoms with E-state index in [-0.39, 0.29) is 0 Å². The van der Waals surface area contributed by atoms with Crippen LogP contribution in [0.25, 0.3) is 0 Å². The summed E-state index contributed by atoms with van der Waals surface area (Å²) in [6, 6.07) is 8.64. The summed E-state index contributed by atoms with van der Waals surface area (Å²) in [5.74, 6) is 0.944. The highest BCUT2D eigenvalue weighted by molar-refractivity contribution is 5.28. The standard InChI is InChI=1S/C17H25N3O/c1-3-21-13-5-11-20-12-10-19-17(20)18-9-8-16-7-4-6-15(2)14-16/h4,6-7,10,12,14H,3,5,8-9,11,13H2,1-2H3,(H,18,19). The van der Waals surface area contributed by atoms with Crippen molar-refractivity contribution in [3.63, 3.8) is 0 Å². The summed E-state index contributed by atoms with van der Waals surface area (Å²) in [5.41, 5.74) is 2.67. The number of imidazole rings is 1. The third kappa shape index (κ3) is 5.23. The average molecular weight is 287 g/mol. The number of hydrogen-bond acceptors (Lipinski definition) is 3. The number of anilines is 1. The highest BCUT2D eigenvalue weighted by Crippen LogP contribution is 2.08. The van der Waals surface area contributed by atoms with Gasteiger partial charge in [-0.25, -0.2) is 4.98 Å². The molecule has 2 rings (SSSR count). The summed E-state index contributed by atoms with van der Waals surface area (Å²) < 4.78 is 7.52. The fourth-order valence-corrected chi connectivity index (χ4v) is 2.32. The van der Waals surface area contributed by atoms with E-state index in [1.165, 1.54) is 11.1 Å². The maximum absolute atomic E-state index is 5.37. The number of rotatable bonds is 9. The molecule has 4 nitrogen and oxygen atoms in total. The average Bonchev–Trinajstić information content (AvgIpc) is 2.91. The molecule has 0 amide bonds. The zero-order chi connectivity index (χ0) is 14.9. The Bertz CT molecular complexity index is 536. The Hall–Kier alpha value is -1.81. The zero-order valence-electron chi connectivity index (χ0n) is 13.0. The number of aromatic nitrogens is 2. The number of hydrogen-bond donors (Lipinski definition) is 1. The quantitative estimate of drug-likeness (QED) is 0.719. The first kappa shape index (κ1) is 15.6. The van der Waals surface area contributed by atoms with E-state index in [2.05, 4.69) is 46.1 Å². The summed E-state index contributed by atoms with van der Waals surface area (Å²) in [7, 11) is 0. The van der Waals surface area contributed by atoms with Crippen LogP contribution >= 0.6 is 0 Å². The minimum atomic E-state index is 0.783. The van der Waals surface area contributed by atoms with Gasteiger partial charge in [-0.2, -0.15) is 0 Å². The minimum Gasteiger partial charge on any atom is -0.382 e. The minimum absolute atomic E-state index is 0.783. The monoisotopic (exact) mass is 287 g/mol. The van der Waals surface area contributed by atoms with Gasteiger partial charge >= 0.3 is 0 Å². The Kier molecular flexibility index (Phi) is 6.28. The molecule has 0 aliphatic rings. The lowest BCUT2D eigenvalue weighted by Gasteiger charge is -2.10. The second-order valence-electron chi connectivity index (χ2n) is 5.16. The van der Waals surface area contributed by atoms with Gasteiger partial charge in [0.25, 0.3) is 0 Å². The molecular formula is C17H25N3O. The topological polar surface area (TPSA) is 39.1 Å². The molecule has 0 saturated carbocycles. The maximum Gasteiger partial charge on any atom is 0.202 e. The molecule has 1 heterocycles. The normalized spacial score (nSPS) is 10.8. The number of nitrogens with one attached hydrogen (secondary N) is 1. The van der Waals surface area contributed by atoms with Gasteiger partial charge in [0.2, 0.25) is 5.95 Å². The molecule has 21 heavy (non-hydrogen) atoms. The fraction of sp³-hybridized carbons (Fsp3) is 0.471. The van der Waals surface area contributed by atoms with Gasteiger partial charge in [-0.3, -0.25) is 0 Å². The molecule has 0 saturated heterocycles. The second-order valence-corrected chi connectivity index (χ2v) is 5.16. The molecule has 1 N–H and O–H groups in total. The molecule has 0 atom stereocenters. The third-order valence-corrected chi connectivity index (χ3v) is 3.39. The van der Waals surface area contributed by atoms with Crippen LogP contribution in [0.2, 0.25) is 0 Å². The second kappa shape index (κ2) is 8.47. The smallest absolute Gasteiger partial charge is 0.202 e. The number of ether oxygens (including phenoxy) is 1. The van der Waals surface area contributed by atoms with Crippen LogP contribution in [0, 0.1) is 6.92 Å². The van der Waals surface area contributed by atoms with Gasteiger partial charge in [-0.15, -0.1) is 0 Å². The molecule has 0 aliphatic carbocycles. The Balaban J connectivity index is 1.77. The van der Waals surface area contributed by atoms with Crippen molar-refractivity contribution in [1.82, 2.24) is 9.55 Å². The molecule has 1 aromatic carbocycles. The first-order valence-corrected chi connectivity index (χ1v) is 7.68. The number of nitrogens with zero attached hydrogens (tertiary/aromatic N) is 2. The van der Waals surface area contributed by atoms with Crippen molar-refractivity contribution in [3.8, 4) is 0 Å². The van der Waals surface area contributed by atoms with Crippen LogP contribution in [0.1, 0.15) is 24.5 Å². The van der Waals surface area contributed by atoms with Crippen molar-refractivity contribution in [1.29, 1.82) is 0 Å². The predicted octanol–water partition coefficient (Wildman–Crippen LogP) is 3.27. The Morgan fingerprint density at radius 3 is 3.05 bits per heavy atom. The molecule has 0 radical (unpaired) electrons. The van der Waals surface area contributed by atoms with Gasteiger partial charge in [0.05, 0.1) is 0 Å². The van der Waals surface area contributed by atoms with Gasteiger partial charge in [0.15, 0.2) is 0 Å². The summed E-state index contributed by atoms with van der Waals surface area (Å²) in [4.78, 5) is 4.37. The Morgan fingerprint density at radius 1 is 1.33 bits per heavy atom. The summed E-state index contributed by atoms with van der Waals surface area (Å²) in [6.07, 6.45) is 5.88. The van der Waals surface area contributed by atoms with Crippen LogP contribution < -0.4 is 5.32 Å². The lowest BCUT2D eigenvalue weighted by Crippen LogP contribution is -2.11. The van der Waals surface area contributed by atoms with E-state index < -0.39 is 0 Å². The number of aryl methyl sites for hydroxylation is 2. The van der Waals surface area contributed by atoms with Gasteiger partial charge in [0.1, 0.15) is 0 Å². The Morgan fingerprint density at radius 2 is 2.24 bits per heavy atom. The molecule has 1 aromatic heterocycles. The van der Waals surface area contributed by atoms with E-state index in [1.807, 2.05) is 19.3 Å². The number of benzene rings is 1. The van der Waals surface area contributed by atoms with E-state index in [0.717, 1.165) is 45.1 Å². The predicted molar refractivity (Wildman–Crippen MR) is 86.7 cm³/mol.